The Morgan fingerprint density at radius 1 is 1.33 bits per heavy atom. The highest BCUT2D eigenvalue weighted by Crippen LogP contribution is 2.28. The lowest BCUT2D eigenvalue weighted by atomic mass is 9.89. The first-order chi connectivity index (χ1) is 11.1. The maximum Gasteiger partial charge on any atom is 0.174 e. The number of carbonyl (C=O) groups is 1. The fraction of sp³-hybridized carbons (Fsp3) is 0.722. The first-order valence-electron chi connectivity index (χ1n) is 8.78. The Hall–Kier alpha value is -0.980. The molecule has 0 saturated heterocycles. The summed E-state index contributed by atoms with van der Waals surface area (Å²) in [6.07, 6.45) is 7.86. The van der Waals surface area contributed by atoms with Crippen molar-refractivity contribution in [2.45, 2.75) is 64.3 Å². The van der Waals surface area contributed by atoms with Gasteiger partial charge in [0.25, 0.3) is 0 Å². The number of ketones is 1. The lowest BCUT2D eigenvalue weighted by Crippen LogP contribution is -2.60. The summed E-state index contributed by atoms with van der Waals surface area (Å²) in [7, 11) is -3.67. The minimum absolute atomic E-state index is 0.0591. The van der Waals surface area contributed by atoms with Gasteiger partial charge in [0, 0.05) is 12.0 Å². The highest BCUT2D eigenvalue weighted by Gasteiger charge is 2.44. The topological polar surface area (TPSA) is 103 Å². The molecule has 0 amide bonds. The van der Waals surface area contributed by atoms with Crippen molar-refractivity contribution in [3.05, 3.63) is 23.8 Å². The summed E-state index contributed by atoms with van der Waals surface area (Å²) < 4.78 is 25.4. The van der Waals surface area contributed by atoms with Crippen LogP contribution >= 0.6 is 0 Å². The third kappa shape index (κ3) is 4.77. The monoisotopic (exact) mass is 356 g/mol. The molecule has 0 radical (unpaired) electrons. The number of sulfone groups is 1. The zero-order chi connectivity index (χ0) is 18.5. The van der Waals surface area contributed by atoms with Crippen molar-refractivity contribution in [3.8, 4) is 0 Å². The molecular formula is C18H32N2O3S. The summed E-state index contributed by atoms with van der Waals surface area (Å²) in [5.74, 6) is 0.131. The van der Waals surface area contributed by atoms with Crippen LogP contribution in [-0.2, 0) is 14.6 Å². The first-order valence-corrected chi connectivity index (χ1v) is 10.4. The van der Waals surface area contributed by atoms with Crippen LogP contribution in [0.1, 0.15) is 53.4 Å². The summed E-state index contributed by atoms with van der Waals surface area (Å²) in [5, 5.41) is 0. The molecular weight excluding hydrogens is 324 g/mol. The van der Waals surface area contributed by atoms with E-state index in [1.165, 1.54) is 12.2 Å². The van der Waals surface area contributed by atoms with E-state index in [1.54, 1.807) is 6.08 Å². The molecule has 0 aromatic heterocycles. The third-order valence-corrected chi connectivity index (χ3v) is 7.12. The molecule has 0 aromatic rings. The summed E-state index contributed by atoms with van der Waals surface area (Å²) in [4.78, 5) is 10.9. The van der Waals surface area contributed by atoms with Gasteiger partial charge in [-0.05, 0) is 17.9 Å². The zero-order valence-electron chi connectivity index (χ0n) is 15.3. The van der Waals surface area contributed by atoms with Gasteiger partial charge < -0.3 is 11.5 Å². The number of nitrogens with two attached hydrogens (primary N) is 2. The second-order valence-corrected chi connectivity index (χ2v) is 9.47. The predicted octanol–water partition coefficient (Wildman–Crippen LogP) is 2.32. The molecule has 1 rings (SSSR count). The molecule has 0 bridgehead atoms. The van der Waals surface area contributed by atoms with Crippen LogP contribution in [0.2, 0.25) is 0 Å². The summed E-state index contributed by atoms with van der Waals surface area (Å²) in [6, 6.07) is -0.851. The lowest BCUT2D eigenvalue weighted by molar-refractivity contribution is -0.116. The number of Topliss-reactive ketones (excluding diaryl/α,β-unsaturated/α-hetero) is 1. The van der Waals surface area contributed by atoms with E-state index in [1.807, 2.05) is 13.8 Å². The fourth-order valence-corrected chi connectivity index (χ4v) is 5.00. The minimum Gasteiger partial charge on any atom is -0.322 e. The summed E-state index contributed by atoms with van der Waals surface area (Å²) >= 11 is 0. The number of rotatable bonds is 9. The molecule has 138 valence electrons. The predicted molar refractivity (Wildman–Crippen MR) is 99.1 cm³/mol. The summed E-state index contributed by atoms with van der Waals surface area (Å²) in [5.41, 5.74) is 12.5. The first kappa shape index (κ1) is 21.1. The molecule has 6 heteroatoms. The van der Waals surface area contributed by atoms with Gasteiger partial charge in [-0.1, -0.05) is 59.1 Å². The van der Waals surface area contributed by atoms with Crippen LogP contribution in [0.5, 0.6) is 0 Å². The Morgan fingerprint density at radius 2 is 1.96 bits per heavy atom. The Labute approximate surface area is 146 Å². The number of allylic oxidation sites excluding steroid dienone is 2. The smallest absolute Gasteiger partial charge is 0.174 e. The van der Waals surface area contributed by atoms with E-state index in [4.69, 9.17) is 11.5 Å². The van der Waals surface area contributed by atoms with Crippen LogP contribution in [0.15, 0.2) is 23.8 Å². The molecule has 0 spiro atoms. The second kappa shape index (κ2) is 8.41. The van der Waals surface area contributed by atoms with Crippen molar-refractivity contribution in [1.29, 1.82) is 0 Å². The second-order valence-electron chi connectivity index (χ2n) is 7.20. The van der Waals surface area contributed by atoms with Crippen molar-refractivity contribution in [2.75, 3.05) is 5.75 Å². The Bertz CT molecular complexity index is 608. The fourth-order valence-electron chi connectivity index (χ4n) is 3.04. The van der Waals surface area contributed by atoms with E-state index in [2.05, 4.69) is 13.8 Å². The van der Waals surface area contributed by atoms with Gasteiger partial charge in [0.2, 0.25) is 0 Å². The van der Waals surface area contributed by atoms with E-state index >= 15 is 0 Å². The van der Waals surface area contributed by atoms with Crippen molar-refractivity contribution in [1.82, 2.24) is 0 Å². The van der Waals surface area contributed by atoms with Gasteiger partial charge in [0.05, 0.1) is 11.8 Å². The molecule has 1 aliphatic rings. The quantitative estimate of drug-likeness (QED) is 0.660. The molecule has 0 saturated carbocycles. The SMILES string of the molecule is CCCC(CC)CC(=O)C1=CC(N)(S(=O)(=O)CC(C)C)C(N)C=C1. The van der Waals surface area contributed by atoms with Gasteiger partial charge in [-0.2, -0.15) is 0 Å². The third-order valence-electron chi connectivity index (χ3n) is 4.55. The molecule has 0 heterocycles. The van der Waals surface area contributed by atoms with Gasteiger partial charge in [-0.3, -0.25) is 4.79 Å². The van der Waals surface area contributed by atoms with Crippen LogP contribution in [0, 0.1) is 11.8 Å². The van der Waals surface area contributed by atoms with Gasteiger partial charge in [0.15, 0.2) is 20.5 Å². The Kier molecular flexibility index (Phi) is 7.38. The van der Waals surface area contributed by atoms with Gasteiger partial charge in [0.1, 0.15) is 0 Å². The van der Waals surface area contributed by atoms with Crippen molar-refractivity contribution >= 4 is 15.6 Å². The van der Waals surface area contributed by atoms with Crippen LogP contribution in [0.4, 0.5) is 0 Å². The van der Waals surface area contributed by atoms with Crippen molar-refractivity contribution < 1.29 is 13.2 Å². The lowest BCUT2D eigenvalue weighted by Gasteiger charge is -2.34. The molecule has 0 aromatic carbocycles. The van der Waals surface area contributed by atoms with Crippen LogP contribution < -0.4 is 11.5 Å². The highest BCUT2D eigenvalue weighted by molar-refractivity contribution is 7.93. The van der Waals surface area contributed by atoms with E-state index in [0.717, 1.165) is 19.3 Å². The number of hydrogen-bond acceptors (Lipinski definition) is 5. The standard InChI is InChI=1S/C18H32N2O3S/c1-5-7-14(6-2)10-16(21)15-8-9-17(19)18(20,11-15)24(22,23)12-13(3)4/h8-9,11,13-14,17H,5-7,10,12,19-20H2,1-4H3. The Morgan fingerprint density at radius 3 is 2.46 bits per heavy atom. The molecule has 5 nitrogen and oxygen atoms in total. The normalized spacial score (nSPS) is 25.6. The van der Waals surface area contributed by atoms with Crippen molar-refractivity contribution in [3.63, 3.8) is 0 Å². The van der Waals surface area contributed by atoms with E-state index in [0.29, 0.717) is 17.9 Å². The van der Waals surface area contributed by atoms with Gasteiger partial charge in [-0.15, -0.1) is 0 Å². The summed E-state index contributed by atoms with van der Waals surface area (Å²) in [6.45, 7) is 7.79. The van der Waals surface area contributed by atoms with Gasteiger partial charge in [-0.25, -0.2) is 8.42 Å². The molecule has 1 aliphatic carbocycles. The molecule has 3 atom stereocenters. The number of carbonyl (C=O) groups excluding carboxylic acids is 1. The van der Waals surface area contributed by atoms with Crippen LogP contribution in [0.25, 0.3) is 0 Å². The molecule has 0 fully saturated rings. The van der Waals surface area contributed by atoms with E-state index in [-0.39, 0.29) is 17.5 Å². The van der Waals surface area contributed by atoms with Crippen molar-refractivity contribution in [2.24, 2.45) is 23.3 Å². The highest BCUT2D eigenvalue weighted by atomic mass is 32.2. The molecule has 0 aliphatic heterocycles. The van der Waals surface area contributed by atoms with Crippen LogP contribution in [0.3, 0.4) is 0 Å². The van der Waals surface area contributed by atoms with E-state index in [9.17, 15) is 13.2 Å². The molecule has 24 heavy (non-hydrogen) atoms. The number of hydrogen-bond donors (Lipinski definition) is 2. The zero-order valence-corrected chi connectivity index (χ0v) is 16.1. The van der Waals surface area contributed by atoms with Gasteiger partial charge >= 0.3 is 0 Å². The minimum atomic E-state index is -3.67. The average Bonchev–Trinajstić information content (AvgIpc) is 2.48. The average molecular weight is 357 g/mol. The molecule has 4 N–H and O–H groups in total. The van der Waals surface area contributed by atoms with E-state index < -0.39 is 20.8 Å². The van der Waals surface area contributed by atoms with Crippen LogP contribution in [-0.4, -0.2) is 30.9 Å². The maximum absolute atomic E-state index is 12.7. The Balaban J connectivity index is 3.09. The molecule has 3 unspecified atom stereocenters. The largest absolute Gasteiger partial charge is 0.322 e. The maximum atomic E-state index is 12.7.